The first kappa shape index (κ1) is 23.9. The van der Waals surface area contributed by atoms with Gasteiger partial charge in [0.15, 0.2) is 0 Å². The van der Waals surface area contributed by atoms with Crippen LogP contribution in [-0.2, 0) is 16.1 Å². The van der Waals surface area contributed by atoms with Crippen molar-refractivity contribution in [2.75, 3.05) is 6.54 Å². The van der Waals surface area contributed by atoms with Gasteiger partial charge in [-0.05, 0) is 56.7 Å². The van der Waals surface area contributed by atoms with Gasteiger partial charge in [0, 0.05) is 12.1 Å². The molecule has 7 heteroatoms. The van der Waals surface area contributed by atoms with Gasteiger partial charge < -0.3 is 20.5 Å². The Morgan fingerprint density at radius 1 is 1.00 bits per heavy atom. The molecule has 0 spiro atoms. The Labute approximate surface area is 182 Å². The van der Waals surface area contributed by atoms with E-state index in [1.54, 1.807) is 0 Å². The van der Waals surface area contributed by atoms with Crippen molar-refractivity contribution in [1.82, 2.24) is 10.6 Å². The number of aryl methyl sites for hydroxylation is 3. The molecule has 0 aliphatic heterocycles. The van der Waals surface area contributed by atoms with Crippen molar-refractivity contribution in [3.05, 3.63) is 70.3 Å². The molecule has 0 bridgehead atoms. The standard InChI is InChI=1S/C24H30N2O5/c1-16-13-17(2)21(18(3)14-16)22(27)26-20(23(28)29)11-7-8-12-25-24(30)31-15-19-9-5-4-6-10-19/h4-6,9-10,13-14,20H,7-8,11-12,15H2,1-3H3,(H,25,30)(H,26,27)(H,28,29)/t20-/m1/s1. The highest BCUT2D eigenvalue weighted by molar-refractivity contribution is 5.99. The predicted molar refractivity (Wildman–Crippen MR) is 118 cm³/mol. The van der Waals surface area contributed by atoms with Gasteiger partial charge in [0.25, 0.3) is 5.91 Å². The summed E-state index contributed by atoms with van der Waals surface area (Å²) in [5.41, 5.74) is 4.10. The molecule has 2 rings (SSSR count). The summed E-state index contributed by atoms with van der Waals surface area (Å²) < 4.78 is 5.13. The molecule has 0 saturated heterocycles. The summed E-state index contributed by atoms with van der Waals surface area (Å²) in [6.07, 6.45) is 0.855. The number of benzene rings is 2. The van der Waals surface area contributed by atoms with Gasteiger partial charge in [-0.25, -0.2) is 9.59 Å². The summed E-state index contributed by atoms with van der Waals surface area (Å²) >= 11 is 0. The van der Waals surface area contributed by atoms with Crippen molar-refractivity contribution in [1.29, 1.82) is 0 Å². The third-order valence-electron chi connectivity index (χ3n) is 4.91. The molecule has 0 heterocycles. The highest BCUT2D eigenvalue weighted by Gasteiger charge is 2.22. The van der Waals surface area contributed by atoms with Gasteiger partial charge in [0.2, 0.25) is 0 Å². The van der Waals surface area contributed by atoms with Crippen LogP contribution in [0.25, 0.3) is 0 Å². The molecule has 0 radical (unpaired) electrons. The Kier molecular flexibility index (Phi) is 9.06. The molecule has 2 aromatic rings. The minimum atomic E-state index is -1.08. The largest absolute Gasteiger partial charge is 0.480 e. The van der Waals surface area contributed by atoms with E-state index in [-0.39, 0.29) is 18.9 Å². The second kappa shape index (κ2) is 11.7. The van der Waals surface area contributed by atoms with Gasteiger partial charge in [-0.2, -0.15) is 0 Å². The quantitative estimate of drug-likeness (QED) is 0.500. The van der Waals surface area contributed by atoms with E-state index >= 15 is 0 Å². The number of nitrogens with one attached hydrogen (secondary N) is 2. The summed E-state index contributed by atoms with van der Waals surface area (Å²) in [7, 11) is 0. The second-order valence-corrected chi connectivity index (χ2v) is 7.62. The molecule has 0 aliphatic carbocycles. The number of rotatable bonds is 10. The normalized spacial score (nSPS) is 11.5. The van der Waals surface area contributed by atoms with E-state index in [9.17, 15) is 19.5 Å². The fraction of sp³-hybridized carbons (Fsp3) is 0.375. The molecule has 0 fully saturated rings. The Balaban J connectivity index is 1.74. The van der Waals surface area contributed by atoms with Crippen molar-refractivity contribution in [3.63, 3.8) is 0 Å². The molecule has 166 valence electrons. The fourth-order valence-corrected chi connectivity index (χ4v) is 3.46. The maximum absolute atomic E-state index is 12.6. The van der Waals surface area contributed by atoms with Gasteiger partial charge in [0.1, 0.15) is 12.6 Å². The van der Waals surface area contributed by atoms with E-state index in [4.69, 9.17) is 4.74 Å². The zero-order valence-electron chi connectivity index (χ0n) is 18.2. The average Bonchev–Trinajstić information content (AvgIpc) is 2.71. The van der Waals surface area contributed by atoms with Gasteiger partial charge >= 0.3 is 12.1 Å². The number of amides is 2. The van der Waals surface area contributed by atoms with Crippen molar-refractivity contribution in [2.24, 2.45) is 0 Å². The van der Waals surface area contributed by atoms with Gasteiger partial charge in [-0.3, -0.25) is 4.79 Å². The summed E-state index contributed by atoms with van der Waals surface area (Å²) in [6, 6.07) is 12.2. The smallest absolute Gasteiger partial charge is 0.407 e. The van der Waals surface area contributed by atoms with Crippen LogP contribution >= 0.6 is 0 Å². The number of carbonyl (C=O) groups is 3. The second-order valence-electron chi connectivity index (χ2n) is 7.62. The molecule has 2 aromatic carbocycles. The predicted octanol–water partition coefficient (Wildman–Crippen LogP) is 3.89. The van der Waals surface area contributed by atoms with E-state index in [2.05, 4.69) is 10.6 Å². The number of aliphatic carboxylic acids is 1. The lowest BCUT2D eigenvalue weighted by molar-refractivity contribution is -0.139. The summed E-state index contributed by atoms with van der Waals surface area (Å²) in [5.74, 6) is -1.46. The van der Waals surface area contributed by atoms with Crippen LogP contribution in [0.4, 0.5) is 4.79 Å². The highest BCUT2D eigenvalue weighted by atomic mass is 16.5. The van der Waals surface area contributed by atoms with Crippen LogP contribution < -0.4 is 10.6 Å². The molecular formula is C24H30N2O5. The number of carbonyl (C=O) groups excluding carboxylic acids is 2. The monoisotopic (exact) mass is 426 g/mol. The number of hydrogen-bond donors (Lipinski definition) is 3. The van der Waals surface area contributed by atoms with Crippen molar-refractivity contribution < 1.29 is 24.2 Å². The molecule has 3 N–H and O–H groups in total. The fourth-order valence-electron chi connectivity index (χ4n) is 3.46. The Bertz CT molecular complexity index is 888. The number of unbranched alkanes of at least 4 members (excludes halogenated alkanes) is 1. The summed E-state index contributed by atoms with van der Waals surface area (Å²) in [4.78, 5) is 35.9. The molecule has 0 unspecified atom stereocenters. The third kappa shape index (κ3) is 7.77. The molecule has 7 nitrogen and oxygen atoms in total. The topological polar surface area (TPSA) is 105 Å². The van der Waals surface area contributed by atoms with Crippen LogP contribution in [-0.4, -0.2) is 35.7 Å². The Morgan fingerprint density at radius 3 is 2.26 bits per heavy atom. The molecule has 31 heavy (non-hydrogen) atoms. The molecule has 0 saturated carbocycles. The number of ether oxygens (including phenoxy) is 1. The van der Waals surface area contributed by atoms with Gasteiger partial charge in [0.05, 0.1) is 0 Å². The van der Waals surface area contributed by atoms with Gasteiger partial charge in [-0.1, -0.05) is 48.0 Å². The van der Waals surface area contributed by atoms with E-state index in [1.807, 2.05) is 63.2 Å². The first-order valence-corrected chi connectivity index (χ1v) is 10.3. The Hall–Kier alpha value is -3.35. The van der Waals surface area contributed by atoms with E-state index in [1.165, 1.54) is 0 Å². The van der Waals surface area contributed by atoms with E-state index in [0.717, 1.165) is 22.3 Å². The molecule has 2 amide bonds. The SMILES string of the molecule is Cc1cc(C)c(C(=O)N[C@H](CCCCNC(=O)OCc2ccccc2)C(=O)O)c(C)c1. The summed E-state index contributed by atoms with van der Waals surface area (Å²) in [6.45, 7) is 6.19. The zero-order valence-corrected chi connectivity index (χ0v) is 18.2. The molecule has 0 aliphatic rings. The lowest BCUT2D eigenvalue weighted by Gasteiger charge is -2.17. The van der Waals surface area contributed by atoms with Crippen LogP contribution in [0.2, 0.25) is 0 Å². The number of alkyl carbamates (subject to hydrolysis) is 1. The number of carboxylic acids is 1. The first-order chi connectivity index (χ1) is 14.8. The number of carboxylic acid groups (broad SMARTS) is 1. The zero-order chi connectivity index (χ0) is 22.8. The van der Waals surface area contributed by atoms with Crippen LogP contribution in [0.1, 0.15) is 51.9 Å². The minimum Gasteiger partial charge on any atom is -0.480 e. The van der Waals surface area contributed by atoms with Crippen molar-refractivity contribution in [2.45, 2.75) is 52.7 Å². The van der Waals surface area contributed by atoms with Crippen LogP contribution in [0.3, 0.4) is 0 Å². The highest BCUT2D eigenvalue weighted by Crippen LogP contribution is 2.17. The molecule has 0 aromatic heterocycles. The molecule has 1 atom stereocenters. The maximum atomic E-state index is 12.6. The maximum Gasteiger partial charge on any atom is 0.407 e. The minimum absolute atomic E-state index is 0.192. The first-order valence-electron chi connectivity index (χ1n) is 10.3. The lowest BCUT2D eigenvalue weighted by atomic mass is 9.98. The number of hydrogen-bond acceptors (Lipinski definition) is 4. The van der Waals surface area contributed by atoms with Crippen LogP contribution in [0.15, 0.2) is 42.5 Å². The van der Waals surface area contributed by atoms with Gasteiger partial charge in [-0.15, -0.1) is 0 Å². The third-order valence-corrected chi connectivity index (χ3v) is 4.91. The van der Waals surface area contributed by atoms with E-state index < -0.39 is 18.1 Å². The lowest BCUT2D eigenvalue weighted by Crippen LogP contribution is -2.41. The average molecular weight is 427 g/mol. The van der Waals surface area contributed by atoms with Crippen molar-refractivity contribution in [3.8, 4) is 0 Å². The van der Waals surface area contributed by atoms with Crippen molar-refractivity contribution >= 4 is 18.0 Å². The van der Waals surface area contributed by atoms with Crippen LogP contribution in [0, 0.1) is 20.8 Å². The van der Waals surface area contributed by atoms with E-state index in [0.29, 0.717) is 24.9 Å². The Morgan fingerprint density at radius 2 is 1.65 bits per heavy atom. The van der Waals surface area contributed by atoms with Crippen LogP contribution in [0.5, 0.6) is 0 Å². The summed E-state index contributed by atoms with van der Waals surface area (Å²) in [5, 5.41) is 14.7. The molecular weight excluding hydrogens is 396 g/mol.